The molecule has 1 unspecified atom stereocenters. The number of hydrogen-bond donors (Lipinski definition) is 1. The number of ether oxygens (including phenoxy) is 2. The number of fused-ring (bicyclic) bond motifs is 5. The van der Waals surface area contributed by atoms with E-state index < -0.39 is 29.9 Å². The molecule has 11 heteroatoms. The van der Waals surface area contributed by atoms with Gasteiger partial charge in [0.1, 0.15) is 35.3 Å². The third kappa shape index (κ3) is 4.88. The topological polar surface area (TPSA) is 63.2 Å². The maximum Gasteiger partial charge on any atom is 0.573 e. The zero-order valence-corrected chi connectivity index (χ0v) is 18.5. The summed E-state index contributed by atoms with van der Waals surface area (Å²) < 4.78 is 60.8. The maximum absolute atomic E-state index is 13.9. The molecule has 3 aromatic carbocycles. The van der Waals surface area contributed by atoms with Gasteiger partial charge in [0.15, 0.2) is 0 Å². The van der Waals surface area contributed by atoms with Crippen LogP contribution in [-0.2, 0) is 11.4 Å². The van der Waals surface area contributed by atoms with Gasteiger partial charge >= 0.3 is 6.36 Å². The number of amides is 1. The fourth-order valence-corrected chi connectivity index (χ4v) is 4.19. The predicted molar refractivity (Wildman–Crippen MR) is 121 cm³/mol. The van der Waals surface area contributed by atoms with E-state index in [-0.39, 0.29) is 24.4 Å². The van der Waals surface area contributed by atoms with E-state index in [0.717, 1.165) is 17.7 Å². The summed E-state index contributed by atoms with van der Waals surface area (Å²) in [7, 11) is 0. The molecule has 3 aromatic rings. The quantitative estimate of drug-likeness (QED) is 0.429. The van der Waals surface area contributed by atoms with Gasteiger partial charge in [-0.2, -0.15) is 5.10 Å². The predicted octanol–water partition coefficient (Wildman–Crippen LogP) is 6.22. The second-order valence-corrected chi connectivity index (χ2v) is 8.32. The molecule has 0 aliphatic carbocycles. The Morgan fingerprint density at radius 2 is 1.89 bits per heavy atom. The molecule has 0 spiro atoms. The second-order valence-electron chi connectivity index (χ2n) is 7.88. The maximum atomic E-state index is 13.9. The highest BCUT2D eigenvalue weighted by Gasteiger charge is 2.36. The highest BCUT2D eigenvalue weighted by atomic mass is 35.5. The molecule has 2 aliphatic heterocycles. The number of hydrazone groups is 1. The minimum Gasteiger partial charge on any atom is -0.487 e. The Morgan fingerprint density at radius 3 is 2.63 bits per heavy atom. The number of alkyl halides is 3. The molecule has 2 heterocycles. The average Bonchev–Trinajstić information content (AvgIpc) is 3.22. The van der Waals surface area contributed by atoms with Gasteiger partial charge in [-0.1, -0.05) is 17.7 Å². The second kappa shape index (κ2) is 8.77. The third-order valence-corrected chi connectivity index (χ3v) is 5.77. The molecule has 180 valence electrons. The van der Waals surface area contributed by atoms with Crippen LogP contribution in [-0.4, -0.2) is 18.0 Å². The first-order valence-corrected chi connectivity index (χ1v) is 10.8. The third-order valence-electron chi connectivity index (χ3n) is 5.53. The molecule has 1 atom stereocenters. The Balaban J connectivity index is 1.43. The van der Waals surface area contributed by atoms with Gasteiger partial charge in [0.25, 0.3) is 5.91 Å². The SMILES string of the molecule is O=C(Nc1ccc(OC(F)(F)F)cc1)C1=NN2c3ccc(Cl)cc3OCc3cc(F)ccc3C2C1. The molecule has 1 N–H and O–H groups in total. The van der Waals surface area contributed by atoms with Crippen molar-refractivity contribution in [3.63, 3.8) is 0 Å². The molecule has 0 aromatic heterocycles. The first kappa shape index (κ1) is 23.0. The molecule has 1 amide bonds. The number of carbonyl (C=O) groups is 1. The lowest BCUT2D eigenvalue weighted by Crippen LogP contribution is -2.24. The summed E-state index contributed by atoms with van der Waals surface area (Å²) in [6, 6.07) is 13.8. The molecular formula is C24H16ClF4N3O3. The monoisotopic (exact) mass is 505 g/mol. The fraction of sp³-hybridized carbons (Fsp3) is 0.167. The summed E-state index contributed by atoms with van der Waals surface area (Å²) in [4.78, 5) is 13.0. The van der Waals surface area contributed by atoms with E-state index in [1.807, 2.05) is 0 Å². The van der Waals surface area contributed by atoms with Crippen LogP contribution in [0.1, 0.15) is 23.6 Å². The number of benzene rings is 3. The van der Waals surface area contributed by atoms with Crippen LogP contribution in [0.4, 0.5) is 28.9 Å². The first-order chi connectivity index (χ1) is 16.7. The van der Waals surface area contributed by atoms with Crippen LogP contribution in [0.5, 0.6) is 11.5 Å². The molecular weight excluding hydrogens is 490 g/mol. The van der Waals surface area contributed by atoms with Crippen LogP contribution in [0, 0.1) is 5.82 Å². The summed E-state index contributed by atoms with van der Waals surface area (Å²) in [6.07, 6.45) is -4.60. The van der Waals surface area contributed by atoms with E-state index in [9.17, 15) is 22.4 Å². The minimum atomic E-state index is -4.81. The van der Waals surface area contributed by atoms with Crippen molar-refractivity contribution in [1.82, 2.24) is 0 Å². The molecule has 2 aliphatic rings. The van der Waals surface area contributed by atoms with Crippen molar-refractivity contribution < 1.29 is 31.8 Å². The van der Waals surface area contributed by atoms with Crippen LogP contribution in [0.2, 0.25) is 5.02 Å². The highest BCUT2D eigenvalue weighted by molar-refractivity contribution is 6.43. The smallest absolute Gasteiger partial charge is 0.487 e. The number of hydrogen-bond acceptors (Lipinski definition) is 5. The number of carbonyl (C=O) groups excluding carboxylic acids is 1. The van der Waals surface area contributed by atoms with Gasteiger partial charge in [0.2, 0.25) is 0 Å². The Morgan fingerprint density at radius 1 is 1.11 bits per heavy atom. The molecule has 0 saturated heterocycles. The van der Waals surface area contributed by atoms with Gasteiger partial charge in [-0.15, -0.1) is 13.2 Å². The van der Waals surface area contributed by atoms with Crippen molar-refractivity contribution in [3.8, 4) is 11.5 Å². The molecule has 0 radical (unpaired) electrons. The van der Waals surface area contributed by atoms with E-state index in [1.165, 1.54) is 24.3 Å². The fourth-order valence-electron chi connectivity index (χ4n) is 4.03. The summed E-state index contributed by atoms with van der Waals surface area (Å²) in [5.74, 6) is -0.914. The molecule has 0 bridgehead atoms. The highest BCUT2D eigenvalue weighted by Crippen LogP contribution is 2.44. The van der Waals surface area contributed by atoms with Crippen LogP contribution in [0.15, 0.2) is 65.8 Å². The first-order valence-electron chi connectivity index (χ1n) is 10.4. The van der Waals surface area contributed by atoms with Crippen molar-refractivity contribution in [2.24, 2.45) is 5.10 Å². The number of halogens is 5. The van der Waals surface area contributed by atoms with Crippen LogP contribution in [0.25, 0.3) is 0 Å². The molecule has 5 rings (SSSR count). The van der Waals surface area contributed by atoms with Gasteiger partial charge in [-0.25, -0.2) is 4.39 Å². The van der Waals surface area contributed by atoms with Crippen molar-refractivity contribution >= 4 is 34.6 Å². The zero-order valence-electron chi connectivity index (χ0n) is 17.8. The van der Waals surface area contributed by atoms with Crippen molar-refractivity contribution in [3.05, 3.63) is 82.6 Å². The van der Waals surface area contributed by atoms with Gasteiger partial charge in [-0.3, -0.25) is 9.80 Å². The Bertz CT molecular complexity index is 1330. The largest absolute Gasteiger partial charge is 0.573 e. The Hall–Kier alpha value is -3.79. The van der Waals surface area contributed by atoms with Crippen LogP contribution < -0.4 is 19.8 Å². The van der Waals surface area contributed by atoms with Gasteiger partial charge in [0, 0.05) is 23.2 Å². The number of rotatable bonds is 3. The Labute approximate surface area is 201 Å². The van der Waals surface area contributed by atoms with E-state index in [4.69, 9.17) is 16.3 Å². The summed E-state index contributed by atoms with van der Waals surface area (Å²) in [5.41, 5.74) is 2.41. The summed E-state index contributed by atoms with van der Waals surface area (Å²) in [6.45, 7) is 0.110. The van der Waals surface area contributed by atoms with E-state index in [1.54, 1.807) is 29.3 Å². The molecule has 0 fully saturated rings. The van der Waals surface area contributed by atoms with Crippen molar-refractivity contribution in [2.75, 3.05) is 10.3 Å². The van der Waals surface area contributed by atoms with Gasteiger partial charge < -0.3 is 14.8 Å². The van der Waals surface area contributed by atoms with E-state index >= 15 is 0 Å². The zero-order chi connectivity index (χ0) is 24.7. The lowest BCUT2D eigenvalue weighted by Gasteiger charge is -2.30. The molecule has 6 nitrogen and oxygen atoms in total. The summed E-state index contributed by atoms with van der Waals surface area (Å²) >= 11 is 6.13. The van der Waals surface area contributed by atoms with Crippen molar-refractivity contribution in [2.45, 2.75) is 25.4 Å². The molecule has 35 heavy (non-hydrogen) atoms. The summed E-state index contributed by atoms with van der Waals surface area (Å²) in [5, 5.41) is 9.23. The van der Waals surface area contributed by atoms with Crippen molar-refractivity contribution in [1.29, 1.82) is 0 Å². The number of anilines is 2. The van der Waals surface area contributed by atoms with Gasteiger partial charge in [-0.05, 0) is 59.7 Å². The average molecular weight is 506 g/mol. The standard InChI is InChI=1S/C24H16ClF4N3O3/c25-14-1-8-20-22(10-14)34-12-13-9-15(26)2-7-18(13)21-11-19(31-32(20)21)23(33)30-16-3-5-17(6-4-16)35-24(27,28)29/h1-10,21H,11-12H2,(H,30,33). The van der Waals surface area contributed by atoms with Crippen LogP contribution in [0.3, 0.4) is 0 Å². The normalized spacial score (nSPS) is 16.7. The number of nitrogens with zero attached hydrogens (tertiary/aromatic N) is 2. The van der Waals surface area contributed by atoms with E-state index in [0.29, 0.717) is 22.0 Å². The van der Waals surface area contributed by atoms with Crippen LogP contribution >= 0.6 is 11.6 Å². The minimum absolute atomic E-state index is 0.110. The lowest BCUT2D eigenvalue weighted by molar-refractivity contribution is -0.274. The molecule has 0 saturated carbocycles. The lowest BCUT2D eigenvalue weighted by atomic mass is 9.95. The van der Waals surface area contributed by atoms with Gasteiger partial charge in [0.05, 0.1) is 6.04 Å². The number of nitrogens with one attached hydrogen (secondary N) is 1. The Kier molecular flexibility index (Phi) is 5.76. The van der Waals surface area contributed by atoms with E-state index in [2.05, 4.69) is 15.2 Å².